The SMILES string of the molecule is CCCCCCCCc1ccc(CC[C@@H](NC(=O)OC(C)(C)C)C(=N)NC(=O)OC(C)(C)C)cc1. The second-order valence-corrected chi connectivity index (χ2v) is 11.1. The van der Waals surface area contributed by atoms with Gasteiger partial charge in [-0.05, 0) is 78.4 Å². The van der Waals surface area contributed by atoms with Crippen LogP contribution in [-0.4, -0.2) is 35.3 Å². The van der Waals surface area contributed by atoms with Gasteiger partial charge >= 0.3 is 12.2 Å². The van der Waals surface area contributed by atoms with E-state index < -0.39 is 29.4 Å². The summed E-state index contributed by atoms with van der Waals surface area (Å²) in [5.41, 5.74) is 1.08. The molecule has 0 spiro atoms. The number of carbonyl (C=O) groups is 2. The zero-order chi connectivity index (χ0) is 26.5. The van der Waals surface area contributed by atoms with Crippen LogP contribution in [0, 0.1) is 5.41 Å². The van der Waals surface area contributed by atoms with Crippen LogP contribution in [0.2, 0.25) is 0 Å². The molecule has 1 aromatic carbocycles. The van der Waals surface area contributed by atoms with Crippen LogP contribution >= 0.6 is 0 Å². The average molecular weight is 490 g/mol. The second kappa shape index (κ2) is 14.7. The number of hydrogen-bond donors (Lipinski definition) is 3. The lowest BCUT2D eigenvalue weighted by molar-refractivity contribution is 0.0501. The lowest BCUT2D eigenvalue weighted by atomic mass is 10.0. The molecule has 1 rings (SSSR count). The molecule has 3 N–H and O–H groups in total. The first kappa shape index (κ1) is 30.5. The van der Waals surface area contributed by atoms with Gasteiger partial charge in [0.15, 0.2) is 0 Å². The summed E-state index contributed by atoms with van der Waals surface area (Å²) < 4.78 is 10.6. The number of rotatable bonds is 12. The monoisotopic (exact) mass is 489 g/mol. The van der Waals surface area contributed by atoms with E-state index in [0.717, 1.165) is 12.0 Å². The van der Waals surface area contributed by atoms with E-state index in [1.165, 1.54) is 44.1 Å². The summed E-state index contributed by atoms with van der Waals surface area (Å²) in [5, 5.41) is 13.5. The van der Waals surface area contributed by atoms with Gasteiger partial charge in [0, 0.05) is 0 Å². The molecule has 35 heavy (non-hydrogen) atoms. The van der Waals surface area contributed by atoms with Gasteiger partial charge in [-0.15, -0.1) is 0 Å². The first-order valence-electron chi connectivity index (χ1n) is 12.9. The Balaban J connectivity index is 2.69. The van der Waals surface area contributed by atoms with Crippen molar-refractivity contribution in [3.05, 3.63) is 35.4 Å². The molecule has 0 bridgehead atoms. The minimum Gasteiger partial charge on any atom is -0.444 e. The van der Waals surface area contributed by atoms with Crippen molar-refractivity contribution < 1.29 is 19.1 Å². The Morgan fingerprint density at radius 1 is 0.800 bits per heavy atom. The van der Waals surface area contributed by atoms with Gasteiger partial charge in [0.25, 0.3) is 0 Å². The number of hydrogen-bond acceptors (Lipinski definition) is 5. The molecule has 0 aliphatic heterocycles. The van der Waals surface area contributed by atoms with Gasteiger partial charge in [0.1, 0.15) is 17.0 Å². The zero-order valence-corrected chi connectivity index (χ0v) is 22.9. The number of nitrogens with one attached hydrogen (secondary N) is 3. The first-order chi connectivity index (χ1) is 16.3. The van der Waals surface area contributed by atoms with E-state index in [0.29, 0.717) is 12.8 Å². The van der Waals surface area contributed by atoms with Crippen LogP contribution in [0.3, 0.4) is 0 Å². The van der Waals surface area contributed by atoms with Crippen LogP contribution in [0.4, 0.5) is 9.59 Å². The average Bonchev–Trinajstić information content (AvgIpc) is 2.71. The van der Waals surface area contributed by atoms with Crippen LogP contribution in [0.5, 0.6) is 0 Å². The van der Waals surface area contributed by atoms with E-state index in [1.807, 2.05) is 0 Å². The molecule has 2 amide bonds. The summed E-state index contributed by atoms with van der Waals surface area (Å²) in [4.78, 5) is 24.5. The fourth-order valence-electron chi connectivity index (χ4n) is 3.53. The first-order valence-corrected chi connectivity index (χ1v) is 12.9. The highest BCUT2D eigenvalue weighted by Crippen LogP contribution is 2.14. The summed E-state index contributed by atoms with van der Waals surface area (Å²) in [6, 6.07) is 7.79. The summed E-state index contributed by atoms with van der Waals surface area (Å²) in [7, 11) is 0. The molecule has 0 fully saturated rings. The molecule has 198 valence electrons. The highest BCUT2D eigenvalue weighted by Gasteiger charge is 2.25. The molecular weight excluding hydrogens is 442 g/mol. The topological polar surface area (TPSA) is 101 Å². The van der Waals surface area contributed by atoms with Crippen LogP contribution in [0.15, 0.2) is 24.3 Å². The van der Waals surface area contributed by atoms with Crippen molar-refractivity contribution in [3.63, 3.8) is 0 Å². The lowest BCUT2D eigenvalue weighted by Gasteiger charge is -2.25. The summed E-state index contributed by atoms with van der Waals surface area (Å²) in [6.45, 7) is 12.8. The minimum atomic E-state index is -0.725. The van der Waals surface area contributed by atoms with Gasteiger partial charge in [0.05, 0.1) is 6.04 Å². The number of alkyl carbamates (subject to hydrolysis) is 2. The highest BCUT2D eigenvalue weighted by atomic mass is 16.6. The maximum atomic E-state index is 12.4. The van der Waals surface area contributed by atoms with Crippen LogP contribution in [0.1, 0.15) is 105 Å². The van der Waals surface area contributed by atoms with Crippen LogP contribution in [-0.2, 0) is 22.3 Å². The van der Waals surface area contributed by atoms with Crippen molar-refractivity contribution >= 4 is 18.0 Å². The molecule has 7 nitrogen and oxygen atoms in total. The summed E-state index contributed by atoms with van der Waals surface area (Å²) in [6.07, 6.45) is 8.50. The van der Waals surface area contributed by atoms with Crippen molar-refractivity contribution in [1.29, 1.82) is 5.41 Å². The lowest BCUT2D eigenvalue weighted by Crippen LogP contribution is -2.50. The number of unbranched alkanes of at least 4 members (excludes halogenated alkanes) is 5. The third-order valence-electron chi connectivity index (χ3n) is 5.24. The maximum absolute atomic E-state index is 12.4. The molecular formula is C28H47N3O4. The van der Waals surface area contributed by atoms with E-state index in [1.54, 1.807) is 41.5 Å². The van der Waals surface area contributed by atoms with Gasteiger partial charge in [-0.1, -0.05) is 63.3 Å². The largest absolute Gasteiger partial charge is 0.444 e. The number of ether oxygens (including phenoxy) is 2. The number of amidine groups is 1. The zero-order valence-electron chi connectivity index (χ0n) is 22.9. The van der Waals surface area contributed by atoms with E-state index in [4.69, 9.17) is 14.9 Å². The van der Waals surface area contributed by atoms with Gasteiger partial charge in [-0.2, -0.15) is 0 Å². The normalized spacial score (nSPS) is 12.5. The molecule has 1 atom stereocenters. The Bertz CT molecular complexity index is 792. The van der Waals surface area contributed by atoms with E-state index >= 15 is 0 Å². The van der Waals surface area contributed by atoms with Crippen molar-refractivity contribution in [1.82, 2.24) is 10.6 Å². The second-order valence-electron chi connectivity index (χ2n) is 11.1. The van der Waals surface area contributed by atoms with Crippen LogP contribution in [0.25, 0.3) is 0 Å². The van der Waals surface area contributed by atoms with Gasteiger partial charge in [0.2, 0.25) is 0 Å². The molecule has 1 aromatic rings. The number of amides is 2. The van der Waals surface area contributed by atoms with Gasteiger partial charge in [-0.25, -0.2) is 9.59 Å². The fourth-order valence-corrected chi connectivity index (χ4v) is 3.53. The van der Waals surface area contributed by atoms with Crippen molar-refractivity contribution in [2.45, 2.75) is 123 Å². The standard InChI is InChI=1S/C28H47N3O4/c1-8-9-10-11-12-13-14-21-15-17-22(18-16-21)19-20-23(30-25(32)34-27(2,3)4)24(29)31-26(33)35-28(5,6)7/h15-18,23H,8-14,19-20H2,1-7H3,(H,30,32)(H2,29,31,33)/t23-/m1/s1. The molecule has 0 aliphatic carbocycles. The molecule has 0 saturated carbocycles. The number of benzene rings is 1. The Kier molecular flexibility index (Phi) is 12.8. The molecule has 7 heteroatoms. The third-order valence-corrected chi connectivity index (χ3v) is 5.24. The Morgan fingerprint density at radius 3 is 1.83 bits per heavy atom. The van der Waals surface area contributed by atoms with E-state index in [-0.39, 0.29) is 5.84 Å². The van der Waals surface area contributed by atoms with Crippen LogP contribution < -0.4 is 10.6 Å². The fraction of sp³-hybridized carbons (Fsp3) is 0.679. The predicted octanol–water partition coefficient (Wildman–Crippen LogP) is 6.92. The molecule has 0 unspecified atom stereocenters. The minimum absolute atomic E-state index is 0.134. The van der Waals surface area contributed by atoms with E-state index in [9.17, 15) is 9.59 Å². The summed E-state index contributed by atoms with van der Waals surface area (Å²) >= 11 is 0. The Hall–Kier alpha value is -2.57. The van der Waals surface area contributed by atoms with Gasteiger partial charge in [-0.3, -0.25) is 10.7 Å². The molecule has 0 radical (unpaired) electrons. The Morgan fingerprint density at radius 2 is 1.29 bits per heavy atom. The van der Waals surface area contributed by atoms with Crippen molar-refractivity contribution in [2.24, 2.45) is 0 Å². The predicted molar refractivity (Wildman–Crippen MR) is 142 cm³/mol. The summed E-state index contributed by atoms with van der Waals surface area (Å²) in [5.74, 6) is -0.134. The maximum Gasteiger partial charge on any atom is 0.413 e. The van der Waals surface area contributed by atoms with Crippen molar-refractivity contribution in [3.8, 4) is 0 Å². The number of carbonyl (C=O) groups excluding carboxylic acids is 2. The molecule has 0 aromatic heterocycles. The quantitative estimate of drug-likeness (QED) is 0.168. The number of aryl methyl sites for hydroxylation is 2. The highest BCUT2D eigenvalue weighted by molar-refractivity contribution is 5.98. The smallest absolute Gasteiger partial charge is 0.413 e. The Labute approximate surface area is 212 Å². The molecule has 0 aliphatic rings. The molecule has 0 saturated heterocycles. The van der Waals surface area contributed by atoms with Gasteiger partial charge < -0.3 is 14.8 Å². The third kappa shape index (κ3) is 15.1. The van der Waals surface area contributed by atoms with E-state index in [2.05, 4.69) is 41.8 Å². The molecule has 0 heterocycles. The van der Waals surface area contributed by atoms with Crippen molar-refractivity contribution in [2.75, 3.05) is 0 Å².